The lowest BCUT2D eigenvalue weighted by molar-refractivity contribution is 0.0455. The van der Waals surface area contributed by atoms with E-state index >= 15 is 0 Å². The molecule has 1 heterocycles. The third kappa shape index (κ3) is 2.63. The van der Waals surface area contributed by atoms with Crippen LogP contribution in [-0.2, 0) is 16.6 Å². The Hall–Kier alpha value is -0.890. The summed E-state index contributed by atoms with van der Waals surface area (Å²) in [6, 6.07) is 1.48. The number of hydrogen-bond acceptors (Lipinski definition) is 4. The Kier molecular flexibility index (Phi) is 4.24. The molecule has 1 aromatic heterocycles. The highest BCUT2D eigenvalue weighted by Crippen LogP contribution is 2.37. The smallest absolute Gasteiger partial charge is 0.244 e. The van der Waals surface area contributed by atoms with Crippen LogP contribution in [-0.4, -0.2) is 60.9 Å². The van der Waals surface area contributed by atoms with E-state index in [1.165, 1.54) is 16.6 Å². The maximum absolute atomic E-state index is 12.5. The molecule has 6 nitrogen and oxygen atoms in total. The summed E-state index contributed by atoms with van der Waals surface area (Å²) in [4.78, 5) is 5.09. The molecule has 0 aromatic carbocycles. The van der Waals surface area contributed by atoms with Gasteiger partial charge in [0.1, 0.15) is 0 Å². The summed E-state index contributed by atoms with van der Waals surface area (Å²) in [5.41, 5.74) is 0.459. The molecule has 1 aliphatic carbocycles. The Balaban J connectivity index is 2.17. The fourth-order valence-corrected chi connectivity index (χ4v) is 3.94. The Morgan fingerprint density at radius 3 is 2.40 bits per heavy atom. The SMILES string of the molecule is CN(C)C1(CN(C)S(=O)(=O)c2c[nH]c(CO)c2)CCC1. The number of H-pyrrole nitrogens is 1. The first-order chi connectivity index (χ1) is 9.32. The average molecular weight is 301 g/mol. The van der Waals surface area contributed by atoms with E-state index in [1.54, 1.807) is 7.05 Å². The highest BCUT2D eigenvalue weighted by atomic mass is 32.2. The molecular formula is C13H23N3O3S. The quantitative estimate of drug-likeness (QED) is 0.807. The van der Waals surface area contributed by atoms with Gasteiger partial charge in [-0.2, -0.15) is 4.31 Å². The molecule has 0 unspecified atom stereocenters. The van der Waals surface area contributed by atoms with E-state index in [4.69, 9.17) is 5.11 Å². The number of nitrogens with zero attached hydrogens (tertiary/aromatic N) is 2. The predicted molar refractivity (Wildman–Crippen MR) is 76.8 cm³/mol. The molecular weight excluding hydrogens is 278 g/mol. The van der Waals surface area contributed by atoms with Gasteiger partial charge in [0.2, 0.25) is 10.0 Å². The summed E-state index contributed by atoms with van der Waals surface area (Å²) in [6.07, 6.45) is 4.62. The van der Waals surface area contributed by atoms with Crippen LogP contribution in [0.25, 0.3) is 0 Å². The Labute approximate surface area is 120 Å². The van der Waals surface area contributed by atoms with Gasteiger partial charge in [0, 0.05) is 31.0 Å². The molecule has 1 aromatic rings. The van der Waals surface area contributed by atoms with Gasteiger partial charge in [-0.3, -0.25) is 0 Å². The van der Waals surface area contributed by atoms with Crippen molar-refractivity contribution in [2.45, 2.75) is 36.3 Å². The number of likely N-dealkylation sites (N-methyl/N-ethyl adjacent to an activating group) is 2. The van der Waals surface area contributed by atoms with Gasteiger partial charge in [-0.05, 0) is 39.4 Å². The third-order valence-corrected chi connectivity index (χ3v) is 6.13. The van der Waals surface area contributed by atoms with Crippen molar-refractivity contribution in [2.24, 2.45) is 0 Å². The topological polar surface area (TPSA) is 76.6 Å². The summed E-state index contributed by atoms with van der Waals surface area (Å²) >= 11 is 0. The van der Waals surface area contributed by atoms with Crippen LogP contribution >= 0.6 is 0 Å². The molecule has 0 amide bonds. The molecule has 1 fully saturated rings. The van der Waals surface area contributed by atoms with Crippen molar-refractivity contribution in [3.63, 3.8) is 0 Å². The van der Waals surface area contributed by atoms with Crippen molar-refractivity contribution in [2.75, 3.05) is 27.7 Å². The highest BCUT2D eigenvalue weighted by Gasteiger charge is 2.42. The number of aliphatic hydroxyl groups is 1. The number of aromatic nitrogens is 1. The highest BCUT2D eigenvalue weighted by molar-refractivity contribution is 7.89. The molecule has 0 radical (unpaired) electrons. The third-order valence-electron chi connectivity index (χ3n) is 4.34. The van der Waals surface area contributed by atoms with Gasteiger partial charge < -0.3 is 15.0 Å². The van der Waals surface area contributed by atoms with Gasteiger partial charge in [0.05, 0.1) is 11.5 Å². The van der Waals surface area contributed by atoms with E-state index < -0.39 is 10.0 Å². The zero-order chi connectivity index (χ0) is 15.0. The van der Waals surface area contributed by atoms with E-state index in [0.717, 1.165) is 19.3 Å². The molecule has 0 bridgehead atoms. The van der Waals surface area contributed by atoms with Crippen LogP contribution in [0.4, 0.5) is 0 Å². The molecule has 0 saturated heterocycles. The fourth-order valence-electron chi connectivity index (χ4n) is 2.67. The van der Waals surface area contributed by atoms with Crippen LogP contribution < -0.4 is 0 Å². The minimum atomic E-state index is -3.51. The lowest BCUT2D eigenvalue weighted by Gasteiger charge is -2.48. The lowest BCUT2D eigenvalue weighted by atomic mass is 9.75. The van der Waals surface area contributed by atoms with Crippen LogP contribution in [0.3, 0.4) is 0 Å². The van der Waals surface area contributed by atoms with Crippen LogP contribution in [0.15, 0.2) is 17.2 Å². The minimum absolute atomic E-state index is 0.0437. The van der Waals surface area contributed by atoms with Crippen molar-refractivity contribution in [1.29, 1.82) is 0 Å². The second kappa shape index (κ2) is 5.48. The monoisotopic (exact) mass is 301 g/mol. The molecule has 114 valence electrons. The lowest BCUT2D eigenvalue weighted by Crippen LogP contribution is -2.57. The van der Waals surface area contributed by atoms with Crippen molar-refractivity contribution in [1.82, 2.24) is 14.2 Å². The number of sulfonamides is 1. The summed E-state index contributed by atoms with van der Waals surface area (Å²) in [6.45, 7) is 0.294. The first kappa shape index (κ1) is 15.5. The summed E-state index contributed by atoms with van der Waals surface area (Å²) < 4.78 is 26.4. The number of aliphatic hydroxyl groups excluding tert-OH is 1. The summed E-state index contributed by atoms with van der Waals surface area (Å²) in [7, 11) is 2.11. The maximum atomic E-state index is 12.5. The van der Waals surface area contributed by atoms with Gasteiger partial charge in [-0.25, -0.2) is 8.42 Å². The Morgan fingerprint density at radius 1 is 1.35 bits per heavy atom. The number of hydrogen-bond donors (Lipinski definition) is 2. The van der Waals surface area contributed by atoms with Crippen molar-refractivity contribution in [3.8, 4) is 0 Å². The van der Waals surface area contributed by atoms with Crippen molar-refractivity contribution >= 4 is 10.0 Å². The number of aromatic amines is 1. The van der Waals surface area contributed by atoms with Crippen molar-refractivity contribution in [3.05, 3.63) is 18.0 Å². The van der Waals surface area contributed by atoms with Crippen LogP contribution in [0.2, 0.25) is 0 Å². The van der Waals surface area contributed by atoms with E-state index in [2.05, 4.69) is 9.88 Å². The van der Waals surface area contributed by atoms with Gasteiger partial charge in [0.25, 0.3) is 0 Å². The van der Waals surface area contributed by atoms with E-state index in [9.17, 15) is 8.42 Å². The molecule has 0 aliphatic heterocycles. The van der Waals surface area contributed by atoms with Gasteiger partial charge in [-0.15, -0.1) is 0 Å². The molecule has 1 saturated carbocycles. The van der Waals surface area contributed by atoms with E-state index in [0.29, 0.717) is 12.2 Å². The van der Waals surface area contributed by atoms with Gasteiger partial charge >= 0.3 is 0 Å². The molecule has 7 heteroatoms. The van der Waals surface area contributed by atoms with Gasteiger partial charge in [0.15, 0.2) is 0 Å². The van der Waals surface area contributed by atoms with Gasteiger partial charge in [-0.1, -0.05) is 0 Å². The Bertz CT molecular complexity index is 561. The summed E-state index contributed by atoms with van der Waals surface area (Å²) in [5, 5.41) is 9.02. The number of nitrogens with one attached hydrogen (secondary N) is 1. The molecule has 20 heavy (non-hydrogen) atoms. The standard InChI is InChI=1S/C13H23N3O3S/c1-15(2)13(5-4-6-13)10-16(3)20(18,19)12-7-11(9-17)14-8-12/h7-8,14,17H,4-6,9-10H2,1-3H3. The molecule has 2 rings (SSSR count). The second-order valence-corrected chi connectivity index (χ2v) is 7.80. The first-order valence-corrected chi connectivity index (χ1v) is 8.18. The number of rotatable bonds is 6. The average Bonchev–Trinajstić information content (AvgIpc) is 2.82. The molecule has 0 spiro atoms. The van der Waals surface area contributed by atoms with Crippen LogP contribution in [0, 0.1) is 0 Å². The predicted octanol–water partition coefficient (Wildman–Crippen LogP) is 0.612. The molecule has 2 N–H and O–H groups in total. The zero-order valence-electron chi connectivity index (χ0n) is 12.3. The van der Waals surface area contributed by atoms with Crippen LogP contribution in [0.1, 0.15) is 25.0 Å². The molecule has 0 atom stereocenters. The summed E-state index contributed by atoms with van der Waals surface area (Å²) in [5.74, 6) is 0. The largest absolute Gasteiger partial charge is 0.390 e. The fraction of sp³-hybridized carbons (Fsp3) is 0.692. The minimum Gasteiger partial charge on any atom is -0.390 e. The molecule has 1 aliphatic rings. The second-order valence-electron chi connectivity index (χ2n) is 5.75. The van der Waals surface area contributed by atoms with Crippen molar-refractivity contribution < 1.29 is 13.5 Å². The zero-order valence-corrected chi connectivity index (χ0v) is 13.1. The maximum Gasteiger partial charge on any atom is 0.244 e. The van der Waals surface area contributed by atoms with E-state index in [1.807, 2.05) is 14.1 Å². The first-order valence-electron chi connectivity index (χ1n) is 6.74. The normalized spacial score (nSPS) is 18.5. The van der Waals surface area contributed by atoms with E-state index in [-0.39, 0.29) is 17.0 Å². The Morgan fingerprint density at radius 2 is 2.00 bits per heavy atom. The van der Waals surface area contributed by atoms with Crippen LogP contribution in [0.5, 0.6) is 0 Å².